The normalized spacial score (nSPS) is 21.8. The van der Waals surface area contributed by atoms with Crippen LogP contribution >= 0.6 is 11.3 Å². The molecule has 1 aromatic carbocycles. The third-order valence-electron chi connectivity index (χ3n) is 4.59. The quantitative estimate of drug-likeness (QED) is 0.812. The van der Waals surface area contributed by atoms with Crippen molar-refractivity contribution >= 4 is 11.3 Å². The van der Waals surface area contributed by atoms with Crippen molar-refractivity contribution in [2.45, 2.75) is 32.7 Å². The highest BCUT2D eigenvalue weighted by Gasteiger charge is 2.22. The Morgan fingerprint density at radius 3 is 2.90 bits per heavy atom. The molecule has 1 aliphatic rings. The molecular formula is C18H22FNS. The summed E-state index contributed by atoms with van der Waals surface area (Å²) in [4.78, 5) is 0.999. The number of hydrogen-bond acceptors (Lipinski definition) is 2. The highest BCUT2D eigenvalue weighted by molar-refractivity contribution is 7.13. The van der Waals surface area contributed by atoms with Gasteiger partial charge in [-0.15, -0.1) is 11.3 Å². The number of rotatable bonds is 5. The number of thiophene rings is 1. The fourth-order valence-electron chi connectivity index (χ4n) is 3.23. The van der Waals surface area contributed by atoms with E-state index in [0.29, 0.717) is 0 Å². The number of halogens is 1. The summed E-state index contributed by atoms with van der Waals surface area (Å²) in [5.41, 5.74) is 1.88. The van der Waals surface area contributed by atoms with E-state index >= 15 is 0 Å². The van der Waals surface area contributed by atoms with Gasteiger partial charge in [0, 0.05) is 17.0 Å². The maximum atomic E-state index is 13.9. The standard InChI is InChI=1S/C18H22FNS/c1-13-4-2-5-15(13)12-20-11-14-7-8-17(19)16(10-14)18-6-3-9-21-18/h3,6-10,13,15,20H,2,4-5,11-12H2,1H3. The van der Waals surface area contributed by atoms with E-state index in [-0.39, 0.29) is 5.82 Å². The van der Waals surface area contributed by atoms with Gasteiger partial charge in [0.25, 0.3) is 0 Å². The molecule has 1 nitrogen and oxygen atoms in total. The average Bonchev–Trinajstić information content (AvgIpc) is 3.13. The van der Waals surface area contributed by atoms with Crippen LogP contribution in [-0.4, -0.2) is 6.54 Å². The fourth-order valence-corrected chi connectivity index (χ4v) is 3.97. The predicted octanol–water partition coefficient (Wildman–Crippen LogP) is 5.08. The first-order valence-electron chi connectivity index (χ1n) is 7.77. The first-order valence-corrected chi connectivity index (χ1v) is 8.65. The highest BCUT2D eigenvalue weighted by atomic mass is 32.1. The van der Waals surface area contributed by atoms with Gasteiger partial charge in [-0.25, -0.2) is 4.39 Å². The molecule has 1 saturated carbocycles. The van der Waals surface area contributed by atoms with Crippen LogP contribution in [0, 0.1) is 17.7 Å². The van der Waals surface area contributed by atoms with Crippen LogP contribution < -0.4 is 5.32 Å². The molecule has 0 saturated heterocycles. The van der Waals surface area contributed by atoms with Crippen LogP contribution in [0.4, 0.5) is 4.39 Å². The minimum Gasteiger partial charge on any atom is -0.312 e. The summed E-state index contributed by atoms with van der Waals surface area (Å²) in [5.74, 6) is 1.51. The summed E-state index contributed by atoms with van der Waals surface area (Å²) in [7, 11) is 0. The summed E-state index contributed by atoms with van der Waals surface area (Å²) in [6.45, 7) is 4.25. The van der Waals surface area contributed by atoms with Crippen molar-refractivity contribution in [1.82, 2.24) is 5.32 Å². The van der Waals surface area contributed by atoms with E-state index in [2.05, 4.69) is 12.2 Å². The summed E-state index contributed by atoms with van der Waals surface area (Å²) >= 11 is 1.58. The Balaban J connectivity index is 1.62. The zero-order valence-corrected chi connectivity index (χ0v) is 13.3. The van der Waals surface area contributed by atoms with Crippen LogP contribution in [0.3, 0.4) is 0 Å². The Morgan fingerprint density at radius 1 is 1.29 bits per heavy atom. The molecule has 0 amide bonds. The molecule has 2 aromatic rings. The lowest BCUT2D eigenvalue weighted by Gasteiger charge is -2.16. The molecule has 2 atom stereocenters. The van der Waals surface area contributed by atoms with Gasteiger partial charge in [-0.05, 0) is 53.9 Å². The molecule has 1 fully saturated rings. The van der Waals surface area contributed by atoms with E-state index < -0.39 is 0 Å². The third kappa shape index (κ3) is 3.53. The second kappa shape index (κ2) is 6.71. The first kappa shape index (κ1) is 14.7. The molecule has 0 spiro atoms. The van der Waals surface area contributed by atoms with Crippen molar-refractivity contribution in [3.05, 3.63) is 47.1 Å². The number of benzene rings is 1. The zero-order chi connectivity index (χ0) is 14.7. The van der Waals surface area contributed by atoms with Crippen molar-refractivity contribution in [1.29, 1.82) is 0 Å². The second-order valence-corrected chi connectivity index (χ2v) is 7.04. The summed E-state index contributed by atoms with van der Waals surface area (Å²) in [6, 6.07) is 9.39. The SMILES string of the molecule is CC1CCCC1CNCc1ccc(F)c(-c2cccs2)c1. The van der Waals surface area contributed by atoms with Gasteiger partial charge >= 0.3 is 0 Å². The van der Waals surface area contributed by atoms with Crippen LogP contribution in [0.1, 0.15) is 31.7 Å². The molecule has 3 heteroatoms. The lowest BCUT2D eigenvalue weighted by Crippen LogP contribution is -2.23. The highest BCUT2D eigenvalue weighted by Crippen LogP contribution is 2.31. The third-order valence-corrected chi connectivity index (χ3v) is 5.50. The van der Waals surface area contributed by atoms with E-state index in [1.54, 1.807) is 17.4 Å². The molecule has 112 valence electrons. The topological polar surface area (TPSA) is 12.0 Å². The largest absolute Gasteiger partial charge is 0.312 e. The van der Waals surface area contributed by atoms with Gasteiger partial charge < -0.3 is 5.32 Å². The molecule has 21 heavy (non-hydrogen) atoms. The van der Waals surface area contributed by atoms with Crippen molar-refractivity contribution in [3.8, 4) is 10.4 Å². The van der Waals surface area contributed by atoms with Crippen LogP contribution in [-0.2, 0) is 6.54 Å². The molecule has 1 aromatic heterocycles. The predicted molar refractivity (Wildman–Crippen MR) is 87.9 cm³/mol. The van der Waals surface area contributed by atoms with E-state index in [9.17, 15) is 4.39 Å². The van der Waals surface area contributed by atoms with Crippen molar-refractivity contribution in [3.63, 3.8) is 0 Å². The molecule has 3 rings (SSSR count). The van der Waals surface area contributed by atoms with Crippen molar-refractivity contribution in [2.24, 2.45) is 11.8 Å². The Bertz CT molecular complexity index is 579. The Kier molecular flexibility index (Phi) is 4.71. The molecule has 0 radical (unpaired) electrons. The van der Waals surface area contributed by atoms with Gasteiger partial charge in [0.1, 0.15) is 5.82 Å². The maximum Gasteiger partial charge on any atom is 0.131 e. The van der Waals surface area contributed by atoms with Gasteiger partial charge in [-0.3, -0.25) is 0 Å². The number of nitrogens with one attached hydrogen (secondary N) is 1. The molecule has 2 unspecified atom stereocenters. The maximum absolute atomic E-state index is 13.9. The minimum atomic E-state index is -0.134. The van der Waals surface area contributed by atoms with Crippen LogP contribution in [0.25, 0.3) is 10.4 Å². The van der Waals surface area contributed by atoms with Crippen LogP contribution in [0.5, 0.6) is 0 Å². The molecule has 1 aliphatic carbocycles. The minimum absolute atomic E-state index is 0.134. The fraction of sp³-hybridized carbons (Fsp3) is 0.444. The molecule has 0 aliphatic heterocycles. The van der Waals surface area contributed by atoms with E-state index in [1.165, 1.54) is 19.3 Å². The van der Waals surface area contributed by atoms with Crippen molar-refractivity contribution < 1.29 is 4.39 Å². The number of hydrogen-bond donors (Lipinski definition) is 1. The Labute approximate surface area is 130 Å². The molecule has 0 bridgehead atoms. The summed E-state index contributed by atoms with van der Waals surface area (Å²) < 4.78 is 13.9. The lowest BCUT2D eigenvalue weighted by molar-refractivity contribution is 0.392. The van der Waals surface area contributed by atoms with Gasteiger partial charge in [0.05, 0.1) is 0 Å². The summed E-state index contributed by atoms with van der Waals surface area (Å²) in [6.07, 6.45) is 4.08. The van der Waals surface area contributed by atoms with Gasteiger partial charge in [-0.1, -0.05) is 31.9 Å². The van der Waals surface area contributed by atoms with E-state index in [4.69, 9.17) is 0 Å². The van der Waals surface area contributed by atoms with E-state index in [0.717, 1.165) is 40.9 Å². The van der Waals surface area contributed by atoms with Gasteiger partial charge in [-0.2, -0.15) is 0 Å². The molecule has 1 N–H and O–H groups in total. The summed E-state index contributed by atoms with van der Waals surface area (Å²) in [5, 5.41) is 5.53. The Morgan fingerprint density at radius 2 is 2.19 bits per heavy atom. The van der Waals surface area contributed by atoms with Crippen LogP contribution in [0.2, 0.25) is 0 Å². The Hall–Kier alpha value is -1.19. The van der Waals surface area contributed by atoms with Crippen LogP contribution in [0.15, 0.2) is 35.7 Å². The first-order chi connectivity index (χ1) is 10.2. The van der Waals surface area contributed by atoms with Gasteiger partial charge in [0.2, 0.25) is 0 Å². The smallest absolute Gasteiger partial charge is 0.131 e. The average molecular weight is 303 g/mol. The lowest BCUT2D eigenvalue weighted by atomic mass is 9.98. The van der Waals surface area contributed by atoms with Crippen molar-refractivity contribution in [2.75, 3.05) is 6.54 Å². The van der Waals surface area contributed by atoms with Gasteiger partial charge in [0.15, 0.2) is 0 Å². The second-order valence-electron chi connectivity index (χ2n) is 6.09. The molecular weight excluding hydrogens is 281 g/mol. The molecule has 1 heterocycles. The monoisotopic (exact) mass is 303 g/mol. The van der Waals surface area contributed by atoms with E-state index in [1.807, 2.05) is 29.6 Å². The zero-order valence-electron chi connectivity index (χ0n) is 12.4.